The number of aromatic nitrogens is 3. The number of halogens is 1. The van der Waals surface area contributed by atoms with E-state index in [1.807, 2.05) is 37.4 Å². The van der Waals surface area contributed by atoms with Crippen LogP contribution in [0.25, 0.3) is 5.65 Å². The van der Waals surface area contributed by atoms with Crippen molar-refractivity contribution in [1.82, 2.24) is 19.9 Å². The number of hydrogen-bond donors (Lipinski definition) is 2. The summed E-state index contributed by atoms with van der Waals surface area (Å²) in [6.07, 6.45) is 1.19. The molecule has 3 aromatic rings. The van der Waals surface area contributed by atoms with Gasteiger partial charge in [-0.25, -0.2) is 9.50 Å². The highest BCUT2D eigenvalue weighted by Crippen LogP contribution is 2.21. The number of aliphatic hydroxyl groups excluding tert-OH is 1. The largest absolute Gasteiger partial charge is 0.491 e. The molecule has 26 heavy (non-hydrogen) atoms. The van der Waals surface area contributed by atoms with Gasteiger partial charge in [-0.15, -0.1) is 0 Å². The van der Waals surface area contributed by atoms with Crippen LogP contribution in [0, 0.1) is 20.8 Å². The lowest BCUT2D eigenvalue weighted by atomic mass is 10.2. The van der Waals surface area contributed by atoms with Crippen LogP contribution in [-0.4, -0.2) is 39.0 Å². The number of hydrogen-bond acceptors (Lipinski definition) is 5. The second kappa shape index (κ2) is 8.03. The number of nitrogens with zero attached hydrogens (tertiary/aromatic N) is 3. The Bertz CT molecular complexity index is 910. The van der Waals surface area contributed by atoms with E-state index < -0.39 is 6.10 Å². The fourth-order valence-electron chi connectivity index (χ4n) is 2.77. The Hall–Kier alpha value is -2.15. The summed E-state index contributed by atoms with van der Waals surface area (Å²) in [6.45, 7) is 7.09. The zero-order valence-electron chi connectivity index (χ0n) is 15.2. The van der Waals surface area contributed by atoms with E-state index in [-0.39, 0.29) is 6.61 Å². The van der Waals surface area contributed by atoms with Crippen LogP contribution in [0.15, 0.2) is 30.5 Å². The minimum atomic E-state index is -0.621. The molecule has 2 N–H and O–H groups in total. The van der Waals surface area contributed by atoms with Crippen molar-refractivity contribution in [2.45, 2.75) is 33.4 Å². The molecule has 0 fully saturated rings. The third-order valence-corrected chi connectivity index (χ3v) is 4.54. The van der Waals surface area contributed by atoms with Crippen molar-refractivity contribution >= 4 is 17.2 Å². The first-order chi connectivity index (χ1) is 12.4. The van der Waals surface area contributed by atoms with Gasteiger partial charge in [-0.1, -0.05) is 11.6 Å². The van der Waals surface area contributed by atoms with E-state index in [4.69, 9.17) is 16.3 Å². The van der Waals surface area contributed by atoms with Gasteiger partial charge in [-0.3, -0.25) is 0 Å². The Morgan fingerprint density at radius 1 is 1.27 bits per heavy atom. The van der Waals surface area contributed by atoms with Crippen LogP contribution in [-0.2, 0) is 6.54 Å². The fourth-order valence-corrected chi connectivity index (χ4v) is 2.89. The van der Waals surface area contributed by atoms with E-state index in [9.17, 15) is 5.11 Å². The quantitative estimate of drug-likeness (QED) is 0.665. The summed E-state index contributed by atoms with van der Waals surface area (Å²) in [5, 5.41) is 18.4. The molecule has 0 aliphatic carbocycles. The molecule has 0 saturated heterocycles. The van der Waals surface area contributed by atoms with Gasteiger partial charge in [0.05, 0.1) is 6.20 Å². The van der Waals surface area contributed by atoms with Gasteiger partial charge in [0.25, 0.3) is 0 Å². The summed E-state index contributed by atoms with van der Waals surface area (Å²) in [6, 6.07) is 7.44. The summed E-state index contributed by atoms with van der Waals surface area (Å²) in [5.41, 5.74) is 4.80. The monoisotopic (exact) mass is 374 g/mol. The van der Waals surface area contributed by atoms with E-state index in [1.165, 1.54) is 0 Å². The van der Waals surface area contributed by atoms with Crippen molar-refractivity contribution in [1.29, 1.82) is 0 Å². The third kappa shape index (κ3) is 4.33. The lowest BCUT2D eigenvalue weighted by Gasteiger charge is -2.13. The van der Waals surface area contributed by atoms with Crippen molar-refractivity contribution in [3.8, 4) is 5.75 Å². The fraction of sp³-hybridized carbons (Fsp3) is 0.368. The third-order valence-electron chi connectivity index (χ3n) is 4.12. The van der Waals surface area contributed by atoms with Crippen LogP contribution in [0.2, 0.25) is 5.02 Å². The summed E-state index contributed by atoms with van der Waals surface area (Å²) in [7, 11) is 0. The molecule has 3 rings (SSSR count). The molecule has 0 spiro atoms. The van der Waals surface area contributed by atoms with Crippen molar-refractivity contribution in [2.75, 3.05) is 13.2 Å². The molecular formula is C19H23ClN4O2. The molecule has 0 saturated carbocycles. The standard InChI is InChI=1S/C19H23ClN4O2/c1-12-6-17(4-5-18(12)20)26-11-16(25)10-21-8-15-9-22-24-14(3)7-13(2)23-19(15)24/h4-7,9,16,21,25H,8,10-11H2,1-3H3. The molecule has 2 aromatic heterocycles. The average molecular weight is 375 g/mol. The summed E-state index contributed by atoms with van der Waals surface area (Å²) < 4.78 is 7.44. The molecule has 2 heterocycles. The second-order valence-corrected chi connectivity index (χ2v) is 6.86. The van der Waals surface area contributed by atoms with Crippen LogP contribution in [0.5, 0.6) is 5.75 Å². The molecule has 138 valence electrons. The maximum Gasteiger partial charge on any atom is 0.159 e. The smallest absolute Gasteiger partial charge is 0.159 e. The number of ether oxygens (including phenoxy) is 1. The number of benzene rings is 1. The minimum Gasteiger partial charge on any atom is -0.491 e. The molecule has 1 atom stereocenters. The van der Waals surface area contributed by atoms with Gasteiger partial charge in [0, 0.05) is 35.1 Å². The maximum atomic E-state index is 10.1. The van der Waals surface area contributed by atoms with Crippen molar-refractivity contribution in [3.05, 3.63) is 58.0 Å². The lowest BCUT2D eigenvalue weighted by Crippen LogP contribution is -2.31. The Kier molecular flexibility index (Phi) is 5.76. The Morgan fingerprint density at radius 3 is 2.85 bits per heavy atom. The van der Waals surface area contributed by atoms with E-state index >= 15 is 0 Å². The summed E-state index contributed by atoms with van der Waals surface area (Å²) in [5.74, 6) is 0.698. The molecule has 0 amide bonds. The topological polar surface area (TPSA) is 71.7 Å². The van der Waals surface area contributed by atoms with Gasteiger partial charge in [0.2, 0.25) is 0 Å². The first-order valence-electron chi connectivity index (χ1n) is 8.52. The van der Waals surface area contributed by atoms with Gasteiger partial charge in [0.15, 0.2) is 5.65 Å². The average Bonchev–Trinajstić information content (AvgIpc) is 2.99. The molecule has 0 radical (unpaired) electrons. The van der Waals surface area contributed by atoms with E-state index in [0.717, 1.165) is 28.2 Å². The van der Waals surface area contributed by atoms with Crippen LogP contribution in [0.3, 0.4) is 0 Å². The van der Waals surface area contributed by atoms with Crippen LogP contribution in [0.4, 0.5) is 0 Å². The van der Waals surface area contributed by atoms with E-state index in [0.29, 0.717) is 23.9 Å². The molecule has 0 aliphatic heterocycles. The minimum absolute atomic E-state index is 0.208. The first kappa shape index (κ1) is 18.6. The molecule has 6 nitrogen and oxygen atoms in total. The first-order valence-corrected chi connectivity index (χ1v) is 8.90. The van der Waals surface area contributed by atoms with Crippen LogP contribution < -0.4 is 10.1 Å². The Morgan fingerprint density at radius 2 is 2.08 bits per heavy atom. The van der Waals surface area contributed by atoms with Gasteiger partial charge in [-0.2, -0.15) is 5.10 Å². The zero-order valence-corrected chi connectivity index (χ0v) is 15.9. The predicted octanol–water partition coefficient (Wildman–Crippen LogP) is 2.84. The lowest BCUT2D eigenvalue weighted by molar-refractivity contribution is 0.106. The van der Waals surface area contributed by atoms with Gasteiger partial charge in [0.1, 0.15) is 18.5 Å². The maximum absolute atomic E-state index is 10.1. The molecule has 0 aliphatic rings. The Labute approximate surface area is 157 Å². The number of rotatable bonds is 7. The van der Waals surface area contributed by atoms with E-state index in [1.54, 1.807) is 18.3 Å². The van der Waals surface area contributed by atoms with Crippen molar-refractivity contribution < 1.29 is 9.84 Å². The number of aliphatic hydroxyl groups is 1. The highest BCUT2D eigenvalue weighted by Gasteiger charge is 2.10. The normalized spacial score (nSPS) is 12.5. The number of fused-ring (bicyclic) bond motifs is 1. The van der Waals surface area contributed by atoms with Crippen LogP contribution in [0.1, 0.15) is 22.5 Å². The van der Waals surface area contributed by atoms with Crippen molar-refractivity contribution in [3.63, 3.8) is 0 Å². The SMILES string of the molecule is Cc1cc(C)n2ncc(CNCC(O)COc3ccc(Cl)c(C)c3)c2n1. The molecule has 0 bridgehead atoms. The molecule has 7 heteroatoms. The number of aryl methyl sites for hydroxylation is 3. The van der Waals surface area contributed by atoms with Gasteiger partial charge >= 0.3 is 0 Å². The summed E-state index contributed by atoms with van der Waals surface area (Å²) >= 11 is 5.99. The summed E-state index contributed by atoms with van der Waals surface area (Å²) in [4.78, 5) is 4.55. The van der Waals surface area contributed by atoms with Crippen LogP contribution >= 0.6 is 11.6 Å². The van der Waals surface area contributed by atoms with E-state index in [2.05, 4.69) is 15.4 Å². The predicted molar refractivity (Wildman–Crippen MR) is 102 cm³/mol. The Balaban J connectivity index is 1.51. The van der Waals surface area contributed by atoms with Gasteiger partial charge < -0.3 is 15.2 Å². The number of nitrogens with one attached hydrogen (secondary N) is 1. The highest BCUT2D eigenvalue weighted by molar-refractivity contribution is 6.31. The molecule has 1 unspecified atom stereocenters. The van der Waals surface area contributed by atoms with Gasteiger partial charge in [-0.05, 0) is 50.6 Å². The zero-order chi connectivity index (χ0) is 18.7. The van der Waals surface area contributed by atoms with Crippen molar-refractivity contribution in [2.24, 2.45) is 0 Å². The molecular weight excluding hydrogens is 352 g/mol. The second-order valence-electron chi connectivity index (χ2n) is 6.45. The highest BCUT2D eigenvalue weighted by atomic mass is 35.5. The molecule has 1 aromatic carbocycles.